The Morgan fingerprint density at radius 1 is 1.26 bits per heavy atom. The van der Waals surface area contributed by atoms with Gasteiger partial charge in [-0.25, -0.2) is 14.2 Å². The molecule has 2 atom stereocenters. The van der Waals surface area contributed by atoms with E-state index >= 15 is 0 Å². The molecule has 146 valence electrons. The van der Waals surface area contributed by atoms with E-state index in [0.717, 1.165) is 30.8 Å². The van der Waals surface area contributed by atoms with Crippen molar-refractivity contribution in [3.63, 3.8) is 0 Å². The molecule has 1 aliphatic carbocycles. The molecule has 9 nitrogen and oxygen atoms in total. The third-order valence-electron chi connectivity index (χ3n) is 4.76. The van der Waals surface area contributed by atoms with Gasteiger partial charge in [0.1, 0.15) is 5.82 Å². The fraction of sp³-hybridized carbons (Fsp3) is 0.556. The zero-order chi connectivity index (χ0) is 19.8. The minimum absolute atomic E-state index is 0.0333. The number of aromatic nitrogens is 4. The van der Waals surface area contributed by atoms with Crippen LogP contribution in [-0.2, 0) is 12.6 Å². The molecule has 1 unspecified atom stereocenters. The molecule has 1 saturated carbocycles. The van der Waals surface area contributed by atoms with Crippen LogP contribution in [0, 0.1) is 0 Å². The predicted octanol–water partition coefficient (Wildman–Crippen LogP) is 2.38. The first-order valence-corrected chi connectivity index (χ1v) is 9.05. The van der Waals surface area contributed by atoms with E-state index in [9.17, 15) is 9.59 Å². The molecule has 3 rings (SSSR count). The fourth-order valence-corrected chi connectivity index (χ4v) is 3.46. The summed E-state index contributed by atoms with van der Waals surface area (Å²) < 4.78 is 3.19. The van der Waals surface area contributed by atoms with E-state index < -0.39 is 6.09 Å². The van der Waals surface area contributed by atoms with E-state index in [1.807, 2.05) is 10.7 Å². The molecule has 1 aliphatic rings. The Labute approximate surface area is 157 Å². The third-order valence-corrected chi connectivity index (χ3v) is 4.76. The van der Waals surface area contributed by atoms with Gasteiger partial charge in [0.05, 0.1) is 11.2 Å². The number of nitrogens with zero attached hydrogens (tertiary/aromatic N) is 4. The molecule has 0 aromatic carbocycles. The summed E-state index contributed by atoms with van der Waals surface area (Å²) >= 11 is 0. The molecule has 0 aliphatic heterocycles. The van der Waals surface area contributed by atoms with Gasteiger partial charge in [-0.2, -0.15) is 10.2 Å². The summed E-state index contributed by atoms with van der Waals surface area (Å²) in [5, 5.41) is 23.8. The van der Waals surface area contributed by atoms with Crippen molar-refractivity contribution in [2.24, 2.45) is 7.05 Å². The summed E-state index contributed by atoms with van der Waals surface area (Å²) in [6.45, 7) is 6.19. The zero-order valence-corrected chi connectivity index (χ0v) is 16.1. The first-order chi connectivity index (χ1) is 12.6. The number of hydrogen-bond acceptors (Lipinski definition) is 5. The molecule has 2 heterocycles. The van der Waals surface area contributed by atoms with Crippen molar-refractivity contribution in [3.8, 4) is 0 Å². The van der Waals surface area contributed by atoms with Gasteiger partial charge in [-0.05, 0) is 46.1 Å². The lowest BCUT2D eigenvalue weighted by Gasteiger charge is -2.22. The van der Waals surface area contributed by atoms with Crippen molar-refractivity contribution in [2.45, 2.75) is 57.5 Å². The van der Waals surface area contributed by atoms with Crippen LogP contribution in [-0.4, -0.2) is 36.8 Å². The van der Waals surface area contributed by atoms with Crippen LogP contribution >= 0.6 is 0 Å². The van der Waals surface area contributed by atoms with Gasteiger partial charge in [0.2, 0.25) is 0 Å². The van der Waals surface area contributed by atoms with Gasteiger partial charge in [-0.15, -0.1) is 0 Å². The summed E-state index contributed by atoms with van der Waals surface area (Å²) in [4.78, 5) is 22.4. The Morgan fingerprint density at radius 2 is 2.00 bits per heavy atom. The second-order valence-corrected chi connectivity index (χ2v) is 8.00. The van der Waals surface area contributed by atoms with Gasteiger partial charge in [-0.3, -0.25) is 4.79 Å². The van der Waals surface area contributed by atoms with Gasteiger partial charge in [0.25, 0.3) is 5.56 Å². The van der Waals surface area contributed by atoms with Crippen LogP contribution in [0.4, 0.5) is 16.4 Å². The number of nitrogens with one attached hydrogen (secondary N) is 2. The molecule has 0 radical (unpaired) electrons. The van der Waals surface area contributed by atoms with Crippen LogP contribution in [0.15, 0.2) is 23.0 Å². The summed E-state index contributed by atoms with van der Waals surface area (Å²) in [5.74, 6) is 1.56. The highest BCUT2D eigenvalue weighted by Crippen LogP contribution is 2.36. The molecule has 9 heteroatoms. The highest BCUT2D eigenvalue weighted by molar-refractivity contribution is 5.65. The number of anilines is 2. The molecule has 0 spiro atoms. The van der Waals surface area contributed by atoms with Crippen molar-refractivity contribution in [1.82, 2.24) is 24.9 Å². The first-order valence-electron chi connectivity index (χ1n) is 9.05. The quantitative estimate of drug-likeness (QED) is 0.757. The normalized spacial score (nSPS) is 19.9. The van der Waals surface area contributed by atoms with E-state index in [1.54, 1.807) is 13.1 Å². The second kappa shape index (κ2) is 7.05. The predicted molar refractivity (Wildman–Crippen MR) is 102 cm³/mol. The van der Waals surface area contributed by atoms with Crippen molar-refractivity contribution in [1.29, 1.82) is 0 Å². The lowest BCUT2D eigenvalue weighted by molar-refractivity contribution is 0.190. The third kappa shape index (κ3) is 4.29. The lowest BCUT2D eigenvalue weighted by Crippen LogP contribution is -2.31. The zero-order valence-electron chi connectivity index (χ0n) is 16.1. The molecule has 0 saturated heterocycles. The van der Waals surface area contributed by atoms with Gasteiger partial charge in [0, 0.05) is 31.1 Å². The van der Waals surface area contributed by atoms with Crippen LogP contribution in [0.2, 0.25) is 0 Å². The monoisotopic (exact) mass is 374 g/mol. The molecule has 1 fully saturated rings. The maximum atomic E-state index is 11.5. The smallest absolute Gasteiger partial charge is 0.404 e. The minimum Gasteiger partial charge on any atom is -0.465 e. The summed E-state index contributed by atoms with van der Waals surface area (Å²) in [7, 11) is 1.61. The van der Waals surface area contributed by atoms with Crippen molar-refractivity contribution >= 4 is 17.7 Å². The van der Waals surface area contributed by atoms with Gasteiger partial charge in [0.15, 0.2) is 5.82 Å². The summed E-state index contributed by atoms with van der Waals surface area (Å²) in [5.41, 5.74) is 0.513. The molecule has 2 aromatic heterocycles. The van der Waals surface area contributed by atoms with E-state index in [0.29, 0.717) is 5.82 Å². The molecule has 2 aromatic rings. The maximum absolute atomic E-state index is 11.5. The molecule has 0 bridgehead atoms. The van der Waals surface area contributed by atoms with E-state index in [4.69, 9.17) is 10.2 Å². The Hall–Kier alpha value is -2.84. The fourth-order valence-electron chi connectivity index (χ4n) is 3.46. The minimum atomic E-state index is -0.982. The summed E-state index contributed by atoms with van der Waals surface area (Å²) in [6.07, 6.45) is 1.46. The van der Waals surface area contributed by atoms with Crippen LogP contribution in [0.5, 0.6) is 0 Å². The molecular weight excluding hydrogens is 348 g/mol. The summed E-state index contributed by atoms with van der Waals surface area (Å²) in [6, 6.07) is 5.07. The molecule has 1 amide bonds. The molecular formula is C18H26N6O3. The van der Waals surface area contributed by atoms with Crippen LogP contribution in [0.3, 0.4) is 0 Å². The lowest BCUT2D eigenvalue weighted by atomic mass is 10.0. The Bertz CT molecular complexity index is 895. The maximum Gasteiger partial charge on any atom is 0.404 e. The average molecular weight is 374 g/mol. The number of amides is 1. The van der Waals surface area contributed by atoms with E-state index in [2.05, 4.69) is 36.5 Å². The van der Waals surface area contributed by atoms with E-state index in [-0.39, 0.29) is 23.1 Å². The van der Waals surface area contributed by atoms with Crippen molar-refractivity contribution in [2.75, 3.05) is 5.32 Å². The van der Waals surface area contributed by atoms with Gasteiger partial charge < -0.3 is 15.7 Å². The number of carboxylic acid groups (broad SMARTS) is 1. The van der Waals surface area contributed by atoms with Crippen LogP contribution in [0.25, 0.3) is 0 Å². The highest BCUT2D eigenvalue weighted by atomic mass is 16.4. The van der Waals surface area contributed by atoms with Crippen LogP contribution < -0.4 is 16.2 Å². The van der Waals surface area contributed by atoms with Crippen LogP contribution in [0.1, 0.15) is 51.6 Å². The number of carbonyl (C=O) groups is 1. The Balaban J connectivity index is 1.86. The first kappa shape index (κ1) is 18.9. The SMILES string of the molecule is Cn1nc(Nc2cc([C@H]3CCC(NC(=O)O)C3)nn2C(C)(C)C)ccc1=O. The number of rotatable bonds is 4. The van der Waals surface area contributed by atoms with Crippen molar-refractivity contribution < 1.29 is 9.90 Å². The topological polar surface area (TPSA) is 114 Å². The number of aryl methyl sites for hydroxylation is 1. The number of hydrogen-bond donors (Lipinski definition) is 3. The second-order valence-electron chi connectivity index (χ2n) is 8.00. The van der Waals surface area contributed by atoms with Gasteiger partial charge >= 0.3 is 6.09 Å². The largest absolute Gasteiger partial charge is 0.465 e. The van der Waals surface area contributed by atoms with Gasteiger partial charge in [-0.1, -0.05) is 0 Å². The van der Waals surface area contributed by atoms with E-state index in [1.165, 1.54) is 10.7 Å². The van der Waals surface area contributed by atoms with Crippen molar-refractivity contribution in [3.05, 3.63) is 34.2 Å². The Morgan fingerprint density at radius 3 is 2.63 bits per heavy atom. The average Bonchev–Trinajstić information content (AvgIpc) is 3.17. The molecule has 3 N–H and O–H groups in total. The standard InChI is InChI=1S/C18H26N6O3/c1-18(2,3)24-15(20-14-7-8-16(25)23(4)22-14)10-13(21-24)11-5-6-12(9-11)19-17(26)27/h7-8,10-12,19H,5-6,9H2,1-4H3,(H,20,22)(H,26,27)/t11-,12?/m0/s1. The Kier molecular flexibility index (Phi) is 4.95. The highest BCUT2D eigenvalue weighted by Gasteiger charge is 2.30. The molecule has 27 heavy (non-hydrogen) atoms.